The van der Waals surface area contributed by atoms with Gasteiger partial charge in [0.1, 0.15) is 11.6 Å². The molecule has 0 atom stereocenters. The first-order chi connectivity index (χ1) is 11.3. The summed E-state index contributed by atoms with van der Waals surface area (Å²) in [6.45, 7) is 3.78. The van der Waals surface area contributed by atoms with Crippen LogP contribution in [-0.4, -0.2) is 41.4 Å². The van der Waals surface area contributed by atoms with Crippen molar-refractivity contribution in [3.8, 4) is 0 Å². The number of hydrogen-bond acceptors (Lipinski definition) is 6. The SMILES string of the molecule is CCn1c(CCNc2ccc3nnnn3n2)nc2ccccc21. The van der Waals surface area contributed by atoms with Crippen LogP contribution in [0.4, 0.5) is 5.82 Å². The second-order valence-corrected chi connectivity index (χ2v) is 5.18. The van der Waals surface area contributed by atoms with E-state index in [1.165, 1.54) is 10.1 Å². The smallest absolute Gasteiger partial charge is 0.200 e. The number of benzene rings is 1. The number of aromatic nitrogens is 7. The zero-order valence-corrected chi connectivity index (χ0v) is 12.7. The van der Waals surface area contributed by atoms with Crippen molar-refractivity contribution >= 4 is 22.5 Å². The largest absolute Gasteiger partial charge is 0.368 e. The van der Waals surface area contributed by atoms with Crippen molar-refractivity contribution in [3.05, 3.63) is 42.2 Å². The van der Waals surface area contributed by atoms with Gasteiger partial charge in [0.2, 0.25) is 0 Å². The lowest BCUT2D eigenvalue weighted by atomic mass is 10.3. The van der Waals surface area contributed by atoms with E-state index in [-0.39, 0.29) is 0 Å². The van der Waals surface area contributed by atoms with E-state index in [4.69, 9.17) is 4.98 Å². The summed E-state index contributed by atoms with van der Waals surface area (Å²) < 4.78 is 3.65. The molecule has 3 heterocycles. The molecule has 1 N–H and O–H groups in total. The number of para-hydroxylation sites is 2. The van der Waals surface area contributed by atoms with Gasteiger partial charge in [0.25, 0.3) is 0 Å². The highest BCUT2D eigenvalue weighted by molar-refractivity contribution is 5.75. The molecule has 0 spiro atoms. The molecule has 3 aromatic heterocycles. The van der Waals surface area contributed by atoms with Crippen LogP contribution in [-0.2, 0) is 13.0 Å². The molecule has 0 saturated heterocycles. The lowest BCUT2D eigenvalue weighted by molar-refractivity contribution is 0.712. The fourth-order valence-electron chi connectivity index (χ4n) is 2.72. The Morgan fingerprint density at radius 2 is 2.04 bits per heavy atom. The summed E-state index contributed by atoms with van der Waals surface area (Å²) >= 11 is 0. The summed E-state index contributed by atoms with van der Waals surface area (Å²) in [4.78, 5) is 4.72. The number of hydrogen-bond donors (Lipinski definition) is 1. The number of rotatable bonds is 5. The van der Waals surface area contributed by atoms with Crippen LogP contribution in [0.3, 0.4) is 0 Å². The number of fused-ring (bicyclic) bond motifs is 2. The van der Waals surface area contributed by atoms with Crippen molar-refractivity contribution < 1.29 is 0 Å². The number of imidazole rings is 1. The first-order valence-electron chi connectivity index (χ1n) is 7.58. The number of aryl methyl sites for hydroxylation is 1. The van der Waals surface area contributed by atoms with Gasteiger partial charge in [-0.15, -0.1) is 14.8 Å². The van der Waals surface area contributed by atoms with Gasteiger partial charge in [-0.05, 0) is 41.6 Å². The van der Waals surface area contributed by atoms with Crippen molar-refractivity contribution in [2.75, 3.05) is 11.9 Å². The van der Waals surface area contributed by atoms with E-state index in [0.29, 0.717) is 5.65 Å². The lowest BCUT2D eigenvalue weighted by Gasteiger charge is -2.07. The average Bonchev–Trinajstić information content (AvgIpc) is 3.17. The second kappa shape index (κ2) is 5.64. The molecule has 1 aromatic carbocycles. The molecule has 0 saturated carbocycles. The Balaban J connectivity index is 1.50. The van der Waals surface area contributed by atoms with Gasteiger partial charge in [0.05, 0.1) is 11.0 Å². The van der Waals surface area contributed by atoms with E-state index in [1.54, 1.807) is 0 Å². The molecular formula is C15H16N8. The summed E-state index contributed by atoms with van der Waals surface area (Å²) in [6, 6.07) is 11.9. The van der Waals surface area contributed by atoms with E-state index < -0.39 is 0 Å². The van der Waals surface area contributed by atoms with E-state index in [1.807, 2.05) is 30.3 Å². The van der Waals surface area contributed by atoms with Crippen LogP contribution in [0, 0.1) is 0 Å². The first kappa shape index (κ1) is 13.6. The first-order valence-corrected chi connectivity index (χ1v) is 7.58. The maximum Gasteiger partial charge on any atom is 0.200 e. The van der Waals surface area contributed by atoms with Gasteiger partial charge in [-0.1, -0.05) is 12.1 Å². The molecule has 0 fully saturated rings. The molecule has 0 aliphatic heterocycles. The van der Waals surface area contributed by atoms with Gasteiger partial charge in [0.15, 0.2) is 5.65 Å². The zero-order chi connectivity index (χ0) is 15.6. The van der Waals surface area contributed by atoms with Crippen LogP contribution in [0.15, 0.2) is 36.4 Å². The van der Waals surface area contributed by atoms with E-state index in [9.17, 15) is 0 Å². The summed E-state index contributed by atoms with van der Waals surface area (Å²) in [5.74, 6) is 1.81. The monoisotopic (exact) mass is 308 g/mol. The highest BCUT2D eigenvalue weighted by Crippen LogP contribution is 2.16. The molecule has 8 nitrogen and oxygen atoms in total. The Morgan fingerprint density at radius 1 is 1.13 bits per heavy atom. The fourth-order valence-corrected chi connectivity index (χ4v) is 2.72. The Hall–Kier alpha value is -3.03. The van der Waals surface area contributed by atoms with Crippen molar-refractivity contribution in [2.45, 2.75) is 19.9 Å². The van der Waals surface area contributed by atoms with Gasteiger partial charge in [-0.2, -0.15) is 0 Å². The number of anilines is 1. The van der Waals surface area contributed by atoms with Gasteiger partial charge >= 0.3 is 0 Å². The molecule has 0 bridgehead atoms. The van der Waals surface area contributed by atoms with Crippen molar-refractivity contribution in [3.63, 3.8) is 0 Å². The number of nitrogens with one attached hydrogen (secondary N) is 1. The van der Waals surface area contributed by atoms with E-state index >= 15 is 0 Å². The molecule has 0 radical (unpaired) electrons. The van der Waals surface area contributed by atoms with E-state index in [2.05, 4.69) is 43.5 Å². The highest BCUT2D eigenvalue weighted by Gasteiger charge is 2.08. The van der Waals surface area contributed by atoms with Crippen LogP contribution in [0.5, 0.6) is 0 Å². The summed E-state index contributed by atoms with van der Waals surface area (Å²) in [6.07, 6.45) is 0.817. The molecule has 0 amide bonds. The van der Waals surface area contributed by atoms with E-state index in [0.717, 1.165) is 36.7 Å². The van der Waals surface area contributed by atoms with Crippen molar-refractivity contribution in [1.82, 2.24) is 34.8 Å². The maximum atomic E-state index is 4.72. The average molecular weight is 308 g/mol. The third-order valence-corrected chi connectivity index (χ3v) is 3.77. The molecule has 116 valence electrons. The minimum absolute atomic E-state index is 0.628. The van der Waals surface area contributed by atoms with Crippen molar-refractivity contribution in [2.24, 2.45) is 0 Å². The van der Waals surface area contributed by atoms with Crippen LogP contribution in [0.25, 0.3) is 16.7 Å². The second-order valence-electron chi connectivity index (χ2n) is 5.18. The van der Waals surface area contributed by atoms with Crippen LogP contribution in [0.1, 0.15) is 12.7 Å². The predicted octanol–water partition coefficient (Wildman–Crippen LogP) is 1.54. The third-order valence-electron chi connectivity index (χ3n) is 3.77. The Bertz CT molecular complexity index is 954. The number of nitrogens with zero attached hydrogens (tertiary/aromatic N) is 7. The van der Waals surface area contributed by atoms with Gasteiger partial charge < -0.3 is 9.88 Å². The molecular weight excluding hydrogens is 292 g/mol. The van der Waals surface area contributed by atoms with Gasteiger partial charge in [-0.25, -0.2) is 4.98 Å². The maximum absolute atomic E-state index is 4.72. The Labute approximate surface area is 132 Å². The molecule has 8 heteroatoms. The molecule has 0 aliphatic rings. The molecule has 0 aliphatic carbocycles. The van der Waals surface area contributed by atoms with Gasteiger partial charge in [0, 0.05) is 19.5 Å². The fraction of sp³-hybridized carbons (Fsp3) is 0.267. The Morgan fingerprint density at radius 3 is 2.96 bits per heavy atom. The standard InChI is InChI=1S/C15H16N8/c1-2-22-12-6-4-3-5-11(12)17-14(22)9-10-16-13-7-8-15-18-20-21-23(15)19-13/h3-8H,2,9-10H2,1H3,(H,16,19). The van der Waals surface area contributed by atoms with Gasteiger partial charge in [-0.3, -0.25) is 0 Å². The zero-order valence-electron chi connectivity index (χ0n) is 12.7. The minimum Gasteiger partial charge on any atom is -0.368 e. The molecule has 23 heavy (non-hydrogen) atoms. The normalized spacial score (nSPS) is 11.3. The lowest BCUT2D eigenvalue weighted by Crippen LogP contribution is -2.11. The Kier molecular flexibility index (Phi) is 3.34. The van der Waals surface area contributed by atoms with Crippen LogP contribution < -0.4 is 5.32 Å². The topological polar surface area (TPSA) is 85.8 Å². The highest BCUT2D eigenvalue weighted by atomic mass is 15.6. The number of tetrazole rings is 1. The summed E-state index contributed by atoms with van der Waals surface area (Å²) in [5, 5.41) is 18.8. The van der Waals surface area contributed by atoms with Crippen LogP contribution in [0.2, 0.25) is 0 Å². The molecule has 4 aromatic rings. The quantitative estimate of drug-likeness (QED) is 0.602. The van der Waals surface area contributed by atoms with Crippen LogP contribution >= 0.6 is 0 Å². The summed E-state index contributed by atoms with van der Waals surface area (Å²) in [7, 11) is 0. The minimum atomic E-state index is 0.628. The van der Waals surface area contributed by atoms with Crippen molar-refractivity contribution in [1.29, 1.82) is 0 Å². The molecule has 0 unspecified atom stereocenters. The summed E-state index contributed by atoms with van der Waals surface area (Å²) in [5.41, 5.74) is 2.85. The molecule has 4 rings (SSSR count). The predicted molar refractivity (Wildman–Crippen MR) is 86.2 cm³/mol. The third kappa shape index (κ3) is 2.48.